The molecule has 2 atom stereocenters. The lowest BCUT2D eigenvalue weighted by atomic mass is 9.92. The molecule has 2 unspecified atom stereocenters. The summed E-state index contributed by atoms with van der Waals surface area (Å²) < 4.78 is 0. The molecular formula is C35H49N5O4S. The summed E-state index contributed by atoms with van der Waals surface area (Å²) in [5, 5.41) is 12.5. The number of aliphatic hydroxyl groups is 1. The SMILES string of the molecule is CC(C)(C)CCN1C(=O)C(CC(=O)N2CCC(N3Cc4ccccc4NC3=O)CC2)SC1c1ccccc1N1CCC(O)CC1.[HH]. The highest BCUT2D eigenvalue weighted by Gasteiger charge is 2.44. The van der Waals surface area contributed by atoms with Gasteiger partial charge in [-0.25, -0.2) is 4.79 Å². The van der Waals surface area contributed by atoms with Gasteiger partial charge in [0.1, 0.15) is 5.37 Å². The van der Waals surface area contributed by atoms with Crippen LogP contribution in [0.1, 0.15) is 77.2 Å². The number of aliphatic hydroxyl groups excluding tert-OH is 1. The summed E-state index contributed by atoms with van der Waals surface area (Å²) in [6, 6.07) is 16.2. The monoisotopic (exact) mass is 635 g/mol. The number of urea groups is 1. The zero-order valence-electron chi connectivity index (χ0n) is 26.8. The number of nitrogens with one attached hydrogen (secondary N) is 1. The van der Waals surface area contributed by atoms with Gasteiger partial charge in [0, 0.05) is 70.1 Å². The number of carbonyl (C=O) groups is 3. The number of hydrogen-bond donors (Lipinski definition) is 2. The van der Waals surface area contributed by atoms with Crippen LogP contribution < -0.4 is 10.2 Å². The number of amides is 4. The second-order valence-electron chi connectivity index (χ2n) is 14.1. The van der Waals surface area contributed by atoms with Crippen LogP contribution in [-0.2, 0) is 16.1 Å². The Kier molecular flexibility index (Phi) is 9.34. The zero-order valence-corrected chi connectivity index (χ0v) is 27.6. The average molecular weight is 636 g/mol. The zero-order chi connectivity index (χ0) is 31.7. The number of thioether (sulfide) groups is 1. The van der Waals surface area contributed by atoms with Crippen LogP contribution in [0.4, 0.5) is 16.2 Å². The van der Waals surface area contributed by atoms with E-state index in [0.29, 0.717) is 26.2 Å². The highest BCUT2D eigenvalue weighted by molar-refractivity contribution is 8.01. The molecule has 244 valence electrons. The maximum Gasteiger partial charge on any atom is 0.322 e. The number of anilines is 2. The Labute approximate surface area is 272 Å². The summed E-state index contributed by atoms with van der Waals surface area (Å²) in [6.45, 7) is 10.6. The van der Waals surface area contributed by atoms with Crippen molar-refractivity contribution in [1.29, 1.82) is 0 Å². The van der Waals surface area contributed by atoms with Crippen molar-refractivity contribution in [1.82, 2.24) is 14.7 Å². The van der Waals surface area contributed by atoms with Crippen molar-refractivity contribution in [2.75, 3.05) is 42.9 Å². The summed E-state index contributed by atoms with van der Waals surface area (Å²) in [6.07, 6.45) is 3.73. The molecule has 9 nitrogen and oxygen atoms in total. The van der Waals surface area contributed by atoms with Gasteiger partial charge in [-0.05, 0) is 55.2 Å². The van der Waals surface area contributed by atoms with E-state index < -0.39 is 5.25 Å². The highest BCUT2D eigenvalue weighted by Crippen LogP contribution is 2.48. The van der Waals surface area contributed by atoms with Crippen molar-refractivity contribution in [3.63, 3.8) is 0 Å². The second kappa shape index (κ2) is 13.2. The largest absolute Gasteiger partial charge is 0.393 e. The summed E-state index contributed by atoms with van der Waals surface area (Å²) in [5.74, 6) is 0.0625. The molecule has 3 fully saturated rings. The van der Waals surface area contributed by atoms with Crippen molar-refractivity contribution in [2.24, 2.45) is 5.41 Å². The Morgan fingerprint density at radius 2 is 1.67 bits per heavy atom. The van der Waals surface area contributed by atoms with Gasteiger partial charge in [0.05, 0.1) is 11.4 Å². The molecule has 4 aliphatic heterocycles. The van der Waals surface area contributed by atoms with E-state index in [-0.39, 0.29) is 48.6 Å². The van der Waals surface area contributed by atoms with E-state index in [1.165, 1.54) is 0 Å². The predicted octanol–water partition coefficient (Wildman–Crippen LogP) is 5.70. The van der Waals surface area contributed by atoms with E-state index in [2.05, 4.69) is 43.1 Å². The minimum atomic E-state index is -0.430. The van der Waals surface area contributed by atoms with Gasteiger partial charge in [-0.3, -0.25) is 9.59 Å². The van der Waals surface area contributed by atoms with Crippen molar-refractivity contribution in [3.8, 4) is 0 Å². The maximum atomic E-state index is 14.0. The normalized spacial score (nSPS) is 23.4. The Morgan fingerprint density at radius 3 is 2.40 bits per heavy atom. The molecule has 0 radical (unpaired) electrons. The molecule has 2 aromatic rings. The maximum absolute atomic E-state index is 14.0. The molecule has 0 aromatic heterocycles. The smallest absolute Gasteiger partial charge is 0.322 e. The van der Waals surface area contributed by atoms with Gasteiger partial charge in [0.2, 0.25) is 11.8 Å². The van der Waals surface area contributed by atoms with Crippen LogP contribution in [0.5, 0.6) is 0 Å². The lowest BCUT2D eigenvalue weighted by Crippen LogP contribution is -2.51. The third kappa shape index (κ3) is 7.12. The third-order valence-electron chi connectivity index (χ3n) is 9.72. The Bertz CT molecular complexity index is 1400. The molecular weight excluding hydrogens is 586 g/mol. The number of carbonyl (C=O) groups excluding carboxylic acids is 3. The van der Waals surface area contributed by atoms with Gasteiger partial charge in [-0.15, -0.1) is 11.8 Å². The summed E-state index contributed by atoms with van der Waals surface area (Å²) in [5.41, 5.74) is 4.28. The van der Waals surface area contributed by atoms with Gasteiger partial charge in [-0.2, -0.15) is 0 Å². The number of rotatable bonds is 7. The number of likely N-dealkylation sites (tertiary alicyclic amines) is 1. The Hall–Kier alpha value is -3.24. The molecule has 2 N–H and O–H groups in total. The van der Waals surface area contributed by atoms with Gasteiger partial charge in [0.25, 0.3) is 0 Å². The number of benzene rings is 2. The molecule has 45 heavy (non-hydrogen) atoms. The molecule has 2 aromatic carbocycles. The molecule has 6 rings (SSSR count). The van der Waals surface area contributed by atoms with Gasteiger partial charge in [-0.1, -0.05) is 57.2 Å². The summed E-state index contributed by atoms with van der Waals surface area (Å²) in [4.78, 5) is 48.6. The van der Waals surface area contributed by atoms with E-state index in [0.717, 1.165) is 67.7 Å². The minimum absolute atomic E-state index is 0. The van der Waals surface area contributed by atoms with E-state index in [9.17, 15) is 19.5 Å². The second-order valence-corrected chi connectivity index (χ2v) is 15.4. The van der Waals surface area contributed by atoms with Crippen LogP contribution in [0.25, 0.3) is 0 Å². The summed E-state index contributed by atoms with van der Waals surface area (Å²) in [7, 11) is 0. The molecule has 4 heterocycles. The fourth-order valence-corrected chi connectivity index (χ4v) is 8.47. The number of piperidine rings is 2. The van der Waals surface area contributed by atoms with Crippen LogP contribution in [0.3, 0.4) is 0 Å². The first-order valence-electron chi connectivity index (χ1n) is 16.5. The van der Waals surface area contributed by atoms with Crippen LogP contribution in [0.15, 0.2) is 48.5 Å². The molecule has 0 bridgehead atoms. The first-order valence-corrected chi connectivity index (χ1v) is 17.4. The Balaban J connectivity index is 0.00000417. The number of hydrogen-bond acceptors (Lipinski definition) is 6. The molecule has 0 spiro atoms. The quantitative estimate of drug-likeness (QED) is 0.405. The van der Waals surface area contributed by atoms with Gasteiger partial charge < -0.3 is 30.0 Å². The number of fused-ring (bicyclic) bond motifs is 1. The average Bonchev–Trinajstić information content (AvgIpc) is 3.34. The molecule has 0 saturated carbocycles. The number of nitrogens with zero attached hydrogens (tertiary/aromatic N) is 4. The van der Waals surface area contributed by atoms with Crippen LogP contribution in [-0.4, -0.2) is 87.8 Å². The number of para-hydroxylation sites is 2. The van der Waals surface area contributed by atoms with Crippen LogP contribution in [0.2, 0.25) is 0 Å². The van der Waals surface area contributed by atoms with Gasteiger partial charge in [0.15, 0.2) is 0 Å². The van der Waals surface area contributed by atoms with Gasteiger partial charge >= 0.3 is 6.03 Å². The van der Waals surface area contributed by atoms with Crippen molar-refractivity contribution < 1.29 is 20.9 Å². The van der Waals surface area contributed by atoms with Crippen molar-refractivity contribution >= 4 is 41.0 Å². The van der Waals surface area contributed by atoms with E-state index >= 15 is 0 Å². The predicted molar refractivity (Wildman–Crippen MR) is 181 cm³/mol. The summed E-state index contributed by atoms with van der Waals surface area (Å²) >= 11 is 1.61. The minimum Gasteiger partial charge on any atom is -0.393 e. The molecule has 4 aliphatic rings. The van der Waals surface area contributed by atoms with E-state index in [1.807, 2.05) is 51.1 Å². The topological polar surface area (TPSA) is 96.4 Å². The third-order valence-corrected chi connectivity index (χ3v) is 11.2. The molecule has 4 amide bonds. The fourth-order valence-electron chi connectivity index (χ4n) is 6.97. The van der Waals surface area contributed by atoms with Crippen LogP contribution in [0, 0.1) is 5.41 Å². The lowest BCUT2D eigenvalue weighted by Gasteiger charge is -2.40. The highest BCUT2D eigenvalue weighted by atomic mass is 32.2. The molecule has 10 heteroatoms. The first kappa shape index (κ1) is 31.7. The molecule has 0 aliphatic carbocycles. The Morgan fingerprint density at radius 1 is 0.978 bits per heavy atom. The van der Waals surface area contributed by atoms with Crippen molar-refractivity contribution in [2.45, 2.75) is 88.6 Å². The first-order chi connectivity index (χ1) is 21.6. The fraction of sp³-hybridized carbons (Fsp3) is 0.571. The van der Waals surface area contributed by atoms with Crippen molar-refractivity contribution in [3.05, 3.63) is 59.7 Å². The molecule has 3 saturated heterocycles. The lowest BCUT2D eigenvalue weighted by molar-refractivity contribution is -0.137. The van der Waals surface area contributed by atoms with E-state index in [4.69, 9.17) is 0 Å². The standard InChI is InChI=1S/C35H47N5O4S.H2/c1-35(2,3)16-21-39-32(43)30(45-33(39)27-9-5-7-11-29(27)37-19-14-26(41)15-20-37)22-31(42)38-17-12-25(13-18-38)40-23-24-8-4-6-10-28(24)36-34(40)44;/h4-11,25-26,30,33,41H,12-23H2,1-3H3,(H,36,44);1H. The van der Waals surface area contributed by atoms with E-state index in [1.54, 1.807) is 11.8 Å². The van der Waals surface area contributed by atoms with Crippen LogP contribution >= 0.6 is 11.8 Å².